The van der Waals surface area contributed by atoms with Gasteiger partial charge in [-0.05, 0) is 50.0 Å². The molecule has 3 atom stereocenters. The zero-order chi connectivity index (χ0) is 19.9. The Morgan fingerprint density at radius 1 is 1.25 bits per heavy atom. The highest BCUT2D eigenvalue weighted by molar-refractivity contribution is 7.17. The number of hydrogen-bond donors (Lipinski definition) is 2. The SMILES string of the molecule is C[C@@H]1CC[C@H](C/C=C\CCCC(=O)O)C(NC(=O)c2csc3ccccc23)C1. The van der Waals surface area contributed by atoms with Crippen molar-refractivity contribution < 1.29 is 14.7 Å². The Kier molecular flexibility index (Phi) is 7.26. The van der Waals surface area contributed by atoms with E-state index in [-0.39, 0.29) is 18.4 Å². The quantitative estimate of drug-likeness (QED) is 0.446. The van der Waals surface area contributed by atoms with Crippen molar-refractivity contribution in [2.24, 2.45) is 11.8 Å². The number of fused-ring (bicyclic) bond motifs is 1. The number of hydrogen-bond acceptors (Lipinski definition) is 3. The molecular weight excluding hydrogens is 370 g/mol. The first-order valence-corrected chi connectivity index (χ1v) is 11.1. The average Bonchev–Trinajstić information content (AvgIpc) is 3.10. The van der Waals surface area contributed by atoms with Crippen LogP contribution in [0.15, 0.2) is 41.8 Å². The molecule has 0 spiro atoms. The molecule has 1 heterocycles. The first-order valence-electron chi connectivity index (χ1n) is 10.2. The second kappa shape index (κ2) is 9.87. The molecule has 0 radical (unpaired) electrons. The van der Waals surface area contributed by atoms with Gasteiger partial charge in [-0.25, -0.2) is 0 Å². The van der Waals surface area contributed by atoms with Crippen molar-refractivity contribution in [1.29, 1.82) is 0 Å². The van der Waals surface area contributed by atoms with Gasteiger partial charge >= 0.3 is 5.97 Å². The van der Waals surface area contributed by atoms with Crippen molar-refractivity contribution in [2.75, 3.05) is 0 Å². The van der Waals surface area contributed by atoms with Crippen LogP contribution in [0.1, 0.15) is 62.2 Å². The van der Waals surface area contributed by atoms with Gasteiger partial charge in [0.05, 0.1) is 5.56 Å². The van der Waals surface area contributed by atoms with E-state index in [0.717, 1.165) is 41.3 Å². The molecule has 4 nitrogen and oxygen atoms in total. The van der Waals surface area contributed by atoms with Crippen molar-refractivity contribution in [3.8, 4) is 0 Å². The van der Waals surface area contributed by atoms with Gasteiger partial charge in [-0.1, -0.05) is 43.7 Å². The molecule has 150 valence electrons. The molecule has 1 aromatic heterocycles. The summed E-state index contributed by atoms with van der Waals surface area (Å²) in [5.41, 5.74) is 0.779. The molecule has 1 unspecified atom stereocenters. The lowest BCUT2D eigenvalue weighted by atomic mass is 9.77. The largest absolute Gasteiger partial charge is 0.481 e. The van der Waals surface area contributed by atoms with E-state index in [1.807, 2.05) is 23.6 Å². The normalized spacial score (nSPS) is 22.5. The van der Waals surface area contributed by atoms with Crippen LogP contribution in [-0.4, -0.2) is 23.0 Å². The minimum Gasteiger partial charge on any atom is -0.481 e. The summed E-state index contributed by atoms with van der Waals surface area (Å²) in [7, 11) is 0. The molecule has 1 fully saturated rings. The van der Waals surface area contributed by atoms with Crippen LogP contribution in [-0.2, 0) is 4.79 Å². The van der Waals surface area contributed by atoms with Crippen molar-refractivity contribution in [3.05, 3.63) is 47.4 Å². The number of carboxylic acid groups (broad SMARTS) is 1. The molecule has 0 aliphatic heterocycles. The number of benzene rings is 1. The van der Waals surface area contributed by atoms with Gasteiger partial charge in [-0.2, -0.15) is 0 Å². The predicted octanol–water partition coefficient (Wildman–Crippen LogP) is 5.64. The Bertz CT molecular complexity index is 841. The number of carboxylic acids is 1. The van der Waals surface area contributed by atoms with Crippen LogP contribution in [0, 0.1) is 11.8 Å². The predicted molar refractivity (Wildman–Crippen MR) is 115 cm³/mol. The van der Waals surface area contributed by atoms with Gasteiger partial charge in [0.2, 0.25) is 0 Å². The topological polar surface area (TPSA) is 66.4 Å². The summed E-state index contributed by atoms with van der Waals surface area (Å²) in [6.07, 6.45) is 10.2. The second-order valence-electron chi connectivity index (χ2n) is 7.90. The number of nitrogens with one attached hydrogen (secondary N) is 1. The molecular formula is C23H29NO3S. The second-order valence-corrected chi connectivity index (χ2v) is 8.81. The average molecular weight is 400 g/mol. The zero-order valence-corrected chi connectivity index (χ0v) is 17.2. The van der Waals surface area contributed by atoms with E-state index in [9.17, 15) is 9.59 Å². The Morgan fingerprint density at radius 3 is 2.89 bits per heavy atom. The Labute approximate surface area is 170 Å². The van der Waals surface area contributed by atoms with E-state index in [2.05, 4.69) is 30.5 Å². The molecule has 5 heteroatoms. The maximum absolute atomic E-state index is 12.9. The van der Waals surface area contributed by atoms with Crippen molar-refractivity contribution >= 4 is 33.3 Å². The molecule has 0 bridgehead atoms. The van der Waals surface area contributed by atoms with Crippen molar-refractivity contribution in [3.63, 3.8) is 0 Å². The van der Waals surface area contributed by atoms with Crippen LogP contribution >= 0.6 is 11.3 Å². The fourth-order valence-electron chi connectivity index (χ4n) is 4.06. The lowest BCUT2D eigenvalue weighted by molar-refractivity contribution is -0.137. The molecule has 3 rings (SSSR count). The minimum absolute atomic E-state index is 0.0342. The van der Waals surface area contributed by atoms with Crippen LogP contribution in [0.25, 0.3) is 10.1 Å². The molecule has 2 N–H and O–H groups in total. The summed E-state index contributed by atoms with van der Waals surface area (Å²) < 4.78 is 1.14. The zero-order valence-electron chi connectivity index (χ0n) is 16.4. The lowest BCUT2D eigenvalue weighted by Gasteiger charge is -2.35. The van der Waals surface area contributed by atoms with Crippen LogP contribution in [0.4, 0.5) is 0 Å². The highest BCUT2D eigenvalue weighted by Gasteiger charge is 2.29. The van der Waals surface area contributed by atoms with E-state index < -0.39 is 5.97 Å². The third-order valence-corrected chi connectivity index (χ3v) is 6.63. The Balaban J connectivity index is 1.59. The third-order valence-electron chi connectivity index (χ3n) is 5.66. The highest BCUT2D eigenvalue weighted by atomic mass is 32.1. The summed E-state index contributed by atoms with van der Waals surface area (Å²) in [6.45, 7) is 2.26. The van der Waals surface area contributed by atoms with E-state index in [1.54, 1.807) is 11.3 Å². The number of amides is 1. The monoisotopic (exact) mass is 399 g/mol. The highest BCUT2D eigenvalue weighted by Crippen LogP contribution is 2.32. The van der Waals surface area contributed by atoms with E-state index in [1.165, 1.54) is 6.42 Å². The van der Waals surface area contributed by atoms with E-state index >= 15 is 0 Å². The molecule has 0 saturated heterocycles. The maximum atomic E-state index is 12.9. The van der Waals surface area contributed by atoms with Gasteiger partial charge in [-0.15, -0.1) is 11.3 Å². The molecule has 1 aromatic carbocycles. The van der Waals surface area contributed by atoms with Gasteiger partial charge < -0.3 is 10.4 Å². The van der Waals surface area contributed by atoms with Crippen LogP contribution in [0.5, 0.6) is 0 Å². The lowest BCUT2D eigenvalue weighted by Crippen LogP contribution is -2.43. The standard InChI is InChI=1S/C23H29NO3S/c1-16-12-13-17(8-4-2-3-5-11-22(25)26)20(14-16)24-23(27)19-15-28-21-10-7-6-9-18(19)21/h2,4,6-7,9-10,15-17,20H,3,5,8,11-14H2,1H3,(H,24,27)(H,25,26)/b4-2-/t16-,17+,20?/m1/s1. The summed E-state index contributed by atoms with van der Waals surface area (Å²) >= 11 is 1.62. The fraction of sp³-hybridized carbons (Fsp3) is 0.478. The van der Waals surface area contributed by atoms with Gasteiger partial charge in [0.1, 0.15) is 0 Å². The smallest absolute Gasteiger partial charge is 0.303 e. The van der Waals surface area contributed by atoms with Gasteiger partial charge in [0.15, 0.2) is 0 Å². The summed E-state index contributed by atoms with van der Waals surface area (Å²) in [4.78, 5) is 23.5. The number of carbonyl (C=O) groups is 2. The molecule has 1 aliphatic carbocycles. The number of carbonyl (C=O) groups excluding carboxylic acids is 1. The molecule has 28 heavy (non-hydrogen) atoms. The number of aliphatic carboxylic acids is 1. The summed E-state index contributed by atoms with van der Waals surface area (Å²) in [5, 5.41) is 15.0. The minimum atomic E-state index is -0.738. The first-order chi connectivity index (χ1) is 13.5. The number of rotatable bonds is 8. The first kappa shape index (κ1) is 20.6. The number of thiophene rings is 1. The van der Waals surface area contributed by atoms with E-state index in [0.29, 0.717) is 18.3 Å². The van der Waals surface area contributed by atoms with E-state index in [4.69, 9.17) is 5.11 Å². The number of allylic oxidation sites excluding steroid dienone is 2. The molecule has 2 aromatic rings. The molecule has 1 aliphatic rings. The van der Waals surface area contributed by atoms with Crippen LogP contribution in [0.2, 0.25) is 0 Å². The Morgan fingerprint density at radius 2 is 2.07 bits per heavy atom. The molecule has 1 amide bonds. The molecule has 1 saturated carbocycles. The van der Waals surface area contributed by atoms with Gasteiger partial charge in [0.25, 0.3) is 5.91 Å². The fourth-order valence-corrected chi connectivity index (χ4v) is 5.00. The van der Waals surface area contributed by atoms with Gasteiger partial charge in [-0.3, -0.25) is 9.59 Å². The maximum Gasteiger partial charge on any atom is 0.303 e. The van der Waals surface area contributed by atoms with Crippen LogP contribution < -0.4 is 5.32 Å². The van der Waals surface area contributed by atoms with Crippen LogP contribution in [0.3, 0.4) is 0 Å². The third kappa shape index (κ3) is 5.44. The summed E-state index contributed by atoms with van der Waals surface area (Å²) in [5.74, 6) is 0.367. The van der Waals surface area contributed by atoms with Gasteiger partial charge in [0, 0.05) is 27.9 Å². The van der Waals surface area contributed by atoms with Crippen molar-refractivity contribution in [1.82, 2.24) is 5.32 Å². The summed E-state index contributed by atoms with van der Waals surface area (Å²) in [6, 6.07) is 8.24. The van der Waals surface area contributed by atoms with Crippen molar-refractivity contribution in [2.45, 2.75) is 57.9 Å². The Hall–Kier alpha value is -2.14. The number of unbranched alkanes of at least 4 members (excludes halogenated alkanes) is 1.